The van der Waals surface area contributed by atoms with Crippen molar-refractivity contribution >= 4 is 39.5 Å². The van der Waals surface area contributed by atoms with Crippen LogP contribution < -0.4 is 0 Å². The van der Waals surface area contributed by atoms with Gasteiger partial charge < -0.3 is 33.8 Å². The SMILES string of the molecule is CCCCCCCCCCCCCCCC(=O)OC[C@H](COP(=O)(O)OC[C@@H](O)COP(=O)(O)OC[C@@H](COC(=O)CCCCCCCCC(C)C)OC(=O)CCCCCCCCCCCC(C)C)OC(=O)CCCCCCCCCCCCCCCCCCCCC(C)CC. The molecule has 0 aromatic heterocycles. The Morgan fingerprint density at radius 3 is 0.792 bits per heavy atom. The standard InChI is InChI=1S/C77H150O17P2/c1-8-10-11-12-13-14-15-22-26-31-36-44-51-58-74(79)87-64-72(93-76(81)60-53-46-37-32-27-24-21-19-17-16-18-20-23-25-30-35-43-50-57-70(7)9-2)66-91-95(83,84)89-62-71(78)63-90-96(85,86)92-67-73(65-88-75(80)59-52-45-40-39-42-49-56-69(5)6)94-77(82)61-54-47-38-33-28-29-34-41-48-55-68(3)4/h68-73,78H,8-67H2,1-7H3,(H,83,84)(H,85,86)/t70?,71-,72-,73-/m1/s1. The zero-order chi connectivity index (χ0) is 70.9. The highest BCUT2D eigenvalue weighted by molar-refractivity contribution is 7.47. The Kier molecular flexibility index (Phi) is 66.2. The second kappa shape index (κ2) is 67.5. The molecule has 0 aliphatic rings. The minimum Gasteiger partial charge on any atom is -0.462 e. The lowest BCUT2D eigenvalue weighted by molar-refractivity contribution is -0.161. The Morgan fingerprint density at radius 1 is 0.302 bits per heavy atom. The van der Waals surface area contributed by atoms with Gasteiger partial charge in [0.2, 0.25) is 0 Å². The Labute approximate surface area is 588 Å². The molecule has 0 spiro atoms. The molecule has 0 aromatic carbocycles. The van der Waals surface area contributed by atoms with E-state index >= 15 is 0 Å². The summed E-state index contributed by atoms with van der Waals surface area (Å²) in [4.78, 5) is 72.8. The van der Waals surface area contributed by atoms with Crippen LogP contribution >= 0.6 is 15.6 Å². The van der Waals surface area contributed by atoms with Gasteiger partial charge in [0.05, 0.1) is 26.4 Å². The Morgan fingerprint density at radius 2 is 0.531 bits per heavy atom. The highest BCUT2D eigenvalue weighted by Crippen LogP contribution is 2.45. The minimum atomic E-state index is -4.96. The summed E-state index contributed by atoms with van der Waals surface area (Å²) in [5, 5.41) is 10.6. The maximum Gasteiger partial charge on any atom is 0.472 e. The molecule has 570 valence electrons. The second-order valence-corrected chi connectivity index (χ2v) is 31.8. The number of hydrogen-bond donors (Lipinski definition) is 3. The zero-order valence-corrected chi connectivity index (χ0v) is 64.6. The first kappa shape index (κ1) is 94.1. The van der Waals surface area contributed by atoms with Crippen LogP contribution in [0.4, 0.5) is 0 Å². The highest BCUT2D eigenvalue weighted by atomic mass is 31.2. The quantitative estimate of drug-likeness (QED) is 0.0222. The lowest BCUT2D eigenvalue weighted by Crippen LogP contribution is -2.30. The van der Waals surface area contributed by atoms with Gasteiger partial charge in [0.25, 0.3) is 0 Å². The molecule has 0 radical (unpaired) electrons. The molecule has 3 unspecified atom stereocenters. The number of carbonyl (C=O) groups excluding carboxylic acids is 4. The summed E-state index contributed by atoms with van der Waals surface area (Å²) in [5.41, 5.74) is 0. The molecular formula is C77H150O17P2. The molecule has 0 aromatic rings. The van der Waals surface area contributed by atoms with Crippen molar-refractivity contribution in [3.8, 4) is 0 Å². The number of phosphoric acid groups is 2. The molecular weight excluding hydrogens is 1260 g/mol. The molecule has 0 heterocycles. The maximum absolute atomic E-state index is 13.1. The van der Waals surface area contributed by atoms with Crippen molar-refractivity contribution < 1.29 is 80.2 Å². The van der Waals surface area contributed by atoms with Crippen LogP contribution in [0.15, 0.2) is 0 Å². The number of aliphatic hydroxyl groups excluding tert-OH is 1. The van der Waals surface area contributed by atoms with Crippen molar-refractivity contribution in [1.29, 1.82) is 0 Å². The molecule has 0 bridgehead atoms. The third kappa shape index (κ3) is 69.2. The Hall–Kier alpha value is -1.94. The van der Waals surface area contributed by atoms with Crippen molar-refractivity contribution in [3.63, 3.8) is 0 Å². The molecule has 6 atom stereocenters. The van der Waals surface area contributed by atoms with E-state index in [1.807, 2.05) is 0 Å². The van der Waals surface area contributed by atoms with Gasteiger partial charge in [0.15, 0.2) is 12.2 Å². The molecule has 0 saturated carbocycles. The molecule has 19 heteroatoms. The van der Waals surface area contributed by atoms with Gasteiger partial charge in [0, 0.05) is 25.7 Å². The van der Waals surface area contributed by atoms with Crippen molar-refractivity contribution in [1.82, 2.24) is 0 Å². The number of aliphatic hydroxyl groups is 1. The van der Waals surface area contributed by atoms with Crippen LogP contribution in [0.1, 0.15) is 395 Å². The van der Waals surface area contributed by atoms with E-state index in [0.717, 1.165) is 108 Å². The van der Waals surface area contributed by atoms with Crippen LogP contribution in [0.2, 0.25) is 0 Å². The largest absolute Gasteiger partial charge is 0.472 e. The minimum absolute atomic E-state index is 0.104. The average molecular weight is 1410 g/mol. The summed E-state index contributed by atoms with van der Waals surface area (Å²) in [5.74, 6) is 0.167. The number of hydrogen-bond acceptors (Lipinski definition) is 15. The van der Waals surface area contributed by atoms with E-state index < -0.39 is 97.5 Å². The summed E-state index contributed by atoms with van der Waals surface area (Å²) >= 11 is 0. The molecule has 0 fully saturated rings. The fourth-order valence-corrected chi connectivity index (χ4v) is 13.3. The van der Waals surface area contributed by atoms with Gasteiger partial charge in [-0.2, -0.15) is 0 Å². The number of carbonyl (C=O) groups is 4. The summed E-state index contributed by atoms with van der Waals surface area (Å²) in [6, 6.07) is 0. The van der Waals surface area contributed by atoms with E-state index in [1.54, 1.807) is 0 Å². The van der Waals surface area contributed by atoms with Crippen LogP contribution in [0.3, 0.4) is 0 Å². The topological polar surface area (TPSA) is 237 Å². The van der Waals surface area contributed by atoms with E-state index in [4.69, 9.17) is 37.0 Å². The first-order chi connectivity index (χ1) is 46.3. The first-order valence-electron chi connectivity index (χ1n) is 39.9. The third-order valence-corrected chi connectivity index (χ3v) is 20.1. The smallest absolute Gasteiger partial charge is 0.462 e. The molecule has 0 aliphatic carbocycles. The fourth-order valence-electron chi connectivity index (χ4n) is 11.7. The van der Waals surface area contributed by atoms with Crippen LogP contribution in [0.5, 0.6) is 0 Å². The van der Waals surface area contributed by atoms with Crippen molar-refractivity contribution in [2.45, 2.75) is 414 Å². The van der Waals surface area contributed by atoms with Crippen LogP contribution in [-0.2, 0) is 65.4 Å². The molecule has 0 amide bonds. The van der Waals surface area contributed by atoms with Gasteiger partial charge >= 0.3 is 39.5 Å². The van der Waals surface area contributed by atoms with Gasteiger partial charge in [-0.15, -0.1) is 0 Å². The van der Waals surface area contributed by atoms with Gasteiger partial charge in [-0.1, -0.05) is 344 Å². The lowest BCUT2D eigenvalue weighted by atomic mass is 9.99. The van der Waals surface area contributed by atoms with Gasteiger partial charge in [-0.25, -0.2) is 9.13 Å². The highest BCUT2D eigenvalue weighted by Gasteiger charge is 2.30. The van der Waals surface area contributed by atoms with Gasteiger partial charge in [-0.05, 0) is 43.4 Å². The molecule has 0 aliphatic heterocycles. The number of unbranched alkanes of at least 4 members (excludes halogenated alkanes) is 42. The number of esters is 4. The second-order valence-electron chi connectivity index (χ2n) is 28.9. The van der Waals surface area contributed by atoms with Crippen molar-refractivity contribution in [2.75, 3.05) is 39.6 Å². The average Bonchev–Trinajstić information content (AvgIpc) is 1.14. The van der Waals surface area contributed by atoms with Gasteiger partial charge in [-0.3, -0.25) is 37.3 Å². The maximum atomic E-state index is 13.1. The van der Waals surface area contributed by atoms with Crippen LogP contribution in [-0.4, -0.2) is 96.7 Å². The van der Waals surface area contributed by atoms with E-state index in [2.05, 4.69) is 48.5 Å². The molecule has 3 N–H and O–H groups in total. The predicted octanol–water partition coefficient (Wildman–Crippen LogP) is 22.6. The lowest BCUT2D eigenvalue weighted by Gasteiger charge is -2.21. The van der Waals surface area contributed by atoms with Crippen LogP contribution in [0, 0.1) is 17.8 Å². The zero-order valence-electron chi connectivity index (χ0n) is 62.8. The van der Waals surface area contributed by atoms with Crippen molar-refractivity contribution in [3.05, 3.63) is 0 Å². The number of phosphoric ester groups is 2. The normalized spacial score (nSPS) is 14.3. The Balaban J connectivity index is 5.18. The summed E-state index contributed by atoms with van der Waals surface area (Å²) in [7, 11) is -9.91. The van der Waals surface area contributed by atoms with Crippen LogP contribution in [0.25, 0.3) is 0 Å². The fraction of sp³-hybridized carbons (Fsp3) is 0.948. The van der Waals surface area contributed by atoms with E-state index in [-0.39, 0.29) is 25.7 Å². The predicted molar refractivity (Wildman–Crippen MR) is 391 cm³/mol. The first-order valence-corrected chi connectivity index (χ1v) is 42.9. The Bertz CT molecular complexity index is 1870. The molecule has 96 heavy (non-hydrogen) atoms. The third-order valence-electron chi connectivity index (χ3n) is 18.2. The number of ether oxygens (including phenoxy) is 4. The number of rotatable bonds is 75. The summed E-state index contributed by atoms with van der Waals surface area (Å²) in [6.07, 6.45) is 54.3. The monoisotopic (exact) mass is 1410 g/mol. The van der Waals surface area contributed by atoms with E-state index in [1.165, 1.54) is 199 Å². The van der Waals surface area contributed by atoms with E-state index in [0.29, 0.717) is 31.6 Å². The molecule has 0 rings (SSSR count). The van der Waals surface area contributed by atoms with Gasteiger partial charge in [0.1, 0.15) is 19.3 Å². The summed E-state index contributed by atoms with van der Waals surface area (Å²) in [6.45, 7) is 11.9. The summed E-state index contributed by atoms with van der Waals surface area (Å²) < 4.78 is 68.5. The molecule has 17 nitrogen and oxygen atoms in total. The van der Waals surface area contributed by atoms with E-state index in [9.17, 15) is 43.2 Å². The molecule has 0 saturated heterocycles. The van der Waals surface area contributed by atoms with Crippen molar-refractivity contribution in [2.24, 2.45) is 17.8 Å².